The number of sulfonamides is 1. The van der Waals surface area contributed by atoms with Crippen LogP contribution in [0.25, 0.3) is 0 Å². The Hall–Kier alpha value is 0.01000. The lowest BCUT2D eigenvalue weighted by Crippen LogP contribution is -2.43. The van der Waals surface area contributed by atoms with E-state index in [-0.39, 0.29) is 0 Å². The van der Waals surface area contributed by atoms with Crippen LogP contribution in [0.5, 0.6) is 0 Å². The number of hydrogen-bond acceptors (Lipinski definition) is 5. The summed E-state index contributed by atoms with van der Waals surface area (Å²) in [6, 6.07) is 1.78. The summed E-state index contributed by atoms with van der Waals surface area (Å²) in [5.74, 6) is 0.365. The van der Waals surface area contributed by atoms with E-state index in [0.29, 0.717) is 34.3 Å². The van der Waals surface area contributed by atoms with E-state index in [0.717, 1.165) is 25.9 Å². The zero-order chi connectivity index (χ0) is 15.3. The van der Waals surface area contributed by atoms with E-state index in [1.165, 1.54) is 11.3 Å². The maximum Gasteiger partial charge on any atom is 0.253 e. The van der Waals surface area contributed by atoms with Crippen molar-refractivity contribution in [3.05, 3.63) is 15.9 Å². The van der Waals surface area contributed by atoms with Gasteiger partial charge in [-0.25, -0.2) is 8.42 Å². The number of nitrogens with one attached hydrogen (secondary N) is 1. The van der Waals surface area contributed by atoms with Crippen LogP contribution >= 0.6 is 27.3 Å². The molecular formula is C13H21BrN2O3S2. The number of ether oxygens (including phenoxy) is 1. The van der Waals surface area contributed by atoms with Crippen LogP contribution in [0, 0.1) is 5.92 Å². The summed E-state index contributed by atoms with van der Waals surface area (Å²) < 4.78 is 33.0. The Kier molecular flexibility index (Phi) is 6.64. The van der Waals surface area contributed by atoms with E-state index in [4.69, 9.17) is 4.74 Å². The number of halogens is 1. The van der Waals surface area contributed by atoms with Gasteiger partial charge < -0.3 is 10.1 Å². The van der Waals surface area contributed by atoms with Gasteiger partial charge in [0.1, 0.15) is 4.21 Å². The molecule has 1 fully saturated rings. The largest absolute Gasteiger partial charge is 0.383 e. The van der Waals surface area contributed by atoms with Gasteiger partial charge >= 0.3 is 0 Å². The van der Waals surface area contributed by atoms with Crippen LogP contribution in [-0.4, -0.2) is 52.6 Å². The molecule has 1 saturated heterocycles. The molecule has 2 rings (SSSR count). The molecular weight excluding hydrogens is 376 g/mol. The average molecular weight is 397 g/mol. The van der Waals surface area contributed by atoms with Crippen molar-refractivity contribution in [1.82, 2.24) is 9.62 Å². The fourth-order valence-electron chi connectivity index (χ4n) is 2.47. The van der Waals surface area contributed by atoms with Gasteiger partial charge in [0.25, 0.3) is 10.0 Å². The normalized spacial score (nSPS) is 20.8. The predicted molar refractivity (Wildman–Crippen MR) is 88.2 cm³/mol. The molecule has 0 amide bonds. The molecule has 0 bridgehead atoms. The molecule has 1 aromatic rings. The summed E-state index contributed by atoms with van der Waals surface area (Å²) in [7, 11) is -1.69. The van der Waals surface area contributed by atoms with Crippen LogP contribution < -0.4 is 5.32 Å². The van der Waals surface area contributed by atoms with Gasteiger partial charge in [-0.1, -0.05) is 0 Å². The molecule has 120 valence electrons. The highest BCUT2D eigenvalue weighted by atomic mass is 79.9. The third-order valence-corrected chi connectivity index (χ3v) is 8.07. The first kappa shape index (κ1) is 17.4. The molecule has 0 aliphatic carbocycles. The summed E-state index contributed by atoms with van der Waals surface area (Å²) in [6.45, 7) is 3.52. The Morgan fingerprint density at radius 2 is 2.38 bits per heavy atom. The first-order valence-electron chi connectivity index (χ1n) is 6.98. The van der Waals surface area contributed by atoms with Crippen molar-refractivity contribution in [2.45, 2.75) is 17.1 Å². The fraction of sp³-hybridized carbons (Fsp3) is 0.692. The molecule has 1 N–H and O–H groups in total. The lowest BCUT2D eigenvalue weighted by Gasteiger charge is -2.31. The van der Waals surface area contributed by atoms with Crippen molar-refractivity contribution >= 4 is 37.3 Å². The number of hydrogen-bond donors (Lipinski definition) is 1. The number of piperidine rings is 1. The van der Waals surface area contributed by atoms with Crippen LogP contribution in [0.3, 0.4) is 0 Å². The third kappa shape index (κ3) is 4.49. The number of rotatable bonds is 7. The van der Waals surface area contributed by atoms with Crippen LogP contribution in [0.15, 0.2) is 20.1 Å². The monoisotopic (exact) mass is 396 g/mol. The number of nitrogens with zero attached hydrogens (tertiary/aromatic N) is 1. The summed E-state index contributed by atoms with van der Waals surface area (Å²) in [4.78, 5) is 0. The minimum Gasteiger partial charge on any atom is -0.383 e. The van der Waals surface area contributed by atoms with Gasteiger partial charge in [-0.15, -0.1) is 11.3 Å². The summed E-state index contributed by atoms with van der Waals surface area (Å²) in [5.41, 5.74) is 0. The lowest BCUT2D eigenvalue weighted by molar-refractivity contribution is 0.193. The Morgan fingerprint density at radius 3 is 3.05 bits per heavy atom. The van der Waals surface area contributed by atoms with Gasteiger partial charge in [-0.05, 0) is 52.7 Å². The quantitative estimate of drug-likeness (QED) is 0.717. The smallest absolute Gasteiger partial charge is 0.253 e. The molecule has 5 nitrogen and oxygen atoms in total. The molecule has 1 aliphatic heterocycles. The molecule has 2 heterocycles. The molecule has 0 spiro atoms. The average Bonchev–Trinajstić information content (AvgIpc) is 2.91. The summed E-state index contributed by atoms with van der Waals surface area (Å²) in [6.07, 6.45) is 1.98. The van der Waals surface area contributed by atoms with E-state index in [2.05, 4.69) is 21.2 Å². The van der Waals surface area contributed by atoms with Gasteiger partial charge in [0, 0.05) is 31.2 Å². The van der Waals surface area contributed by atoms with Crippen molar-refractivity contribution in [3.8, 4) is 0 Å². The molecule has 1 aromatic heterocycles. The molecule has 8 heteroatoms. The van der Waals surface area contributed by atoms with Gasteiger partial charge in [0.15, 0.2) is 0 Å². The topological polar surface area (TPSA) is 58.6 Å². The van der Waals surface area contributed by atoms with Gasteiger partial charge in [0.05, 0.1) is 6.61 Å². The second-order valence-corrected chi connectivity index (χ2v) is 9.03. The minimum absolute atomic E-state index is 0.365. The van der Waals surface area contributed by atoms with Crippen molar-refractivity contribution in [2.24, 2.45) is 5.92 Å². The lowest BCUT2D eigenvalue weighted by atomic mass is 10.00. The molecule has 1 atom stereocenters. The van der Waals surface area contributed by atoms with Crippen molar-refractivity contribution in [2.75, 3.05) is 39.9 Å². The second kappa shape index (κ2) is 8.03. The molecule has 0 radical (unpaired) electrons. The van der Waals surface area contributed by atoms with E-state index in [1.807, 2.05) is 0 Å². The standard InChI is InChI=1S/C13H21BrN2O3S2/c1-19-7-5-15-9-11-3-2-6-16(10-11)21(17,18)13-12(14)4-8-20-13/h4,8,11,15H,2-3,5-7,9-10H2,1H3. The van der Waals surface area contributed by atoms with E-state index in [9.17, 15) is 8.42 Å². The minimum atomic E-state index is -3.37. The number of methoxy groups -OCH3 is 1. The molecule has 0 saturated carbocycles. The van der Waals surface area contributed by atoms with Gasteiger partial charge in [-0.2, -0.15) is 4.31 Å². The van der Waals surface area contributed by atoms with Crippen molar-refractivity contribution < 1.29 is 13.2 Å². The fourth-order valence-corrected chi connectivity index (χ4v) is 6.48. The first-order chi connectivity index (χ1) is 10.1. The van der Waals surface area contributed by atoms with E-state index >= 15 is 0 Å². The summed E-state index contributed by atoms with van der Waals surface area (Å²) >= 11 is 4.59. The predicted octanol–water partition coefficient (Wildman–Crippen LogP) is 2.15. The summed E-state index contributed by atoms with van der Waals surface area (Å²) in [5, 5.41) is 5.12. The van der Waals surface area contributed by atoms with Gasteiger partial charge in [0.2, 0.25) is 0 Å². The zero-order valence-corrected chi connectivity index (χ0v) is 15.3. The Morgan fingerprint density at radius 1 is 1.57 bits per heavy atom. The van der Waals surface area contributed by atoms with Crippen LogP contribution in [-0.2, 0) is 14.8 Å². The van der Waals surface area contributed by atoms with Crippen LogP contribution in [0.1, 0.15) is 12.8 Å². The van der Waals surface area contributed by atoms with Gasteiger partial charge in [-0.3, -0.25) is 0 Å². The maximum absolute atomic E-state index is 12.7. The molecule has 1 unspecified atom stereocenters. The first-order valence-corrected chi connectivity index (χ1v) is 10.1. The maximum atomic E-state index is 12.7. The second-order valence-electron chi connectivity index (χ2n) is 5.12. The van der Waals surface area contributed by atoms with Crippen LogP contribution in [0.4, 0.5) is 0 Å². The van der Waals surface area contributed by atoms with E-state index < -0.39 is 10.0 Å². The van der Waals surface area contributed by atoms with Crippen molar-refractivity contribution in [1.29, 1.82) is 0 Å². The zero-order valence-electron chi connectivity index (χ0n) is 12.0. The Bertz CT molecular complexity index is 547. The number of thiophene rings is 1. The molecule has 21 heavy (non-hydrogen) atoms. The van der Waals surface area contributed by atoms with E-state index in [1.54, 1.807) is 22.9 Å². The molecule has 1 aliphatic rings. The SMILES string of the molecule is COCCNCC1CCCN(S(=O)(=O)c2sccc2Br)C1. The Labute approximate surface area is 138 Å². The highest BCUT2D eigenvalue weighted by Crippen LogP contribution is 2.32. The highest BCUT2D eigenvalue weighted by molar-refractivity contribution is 9.10. The molecule has 0 aromatic carbocycles. The third-order valence-electron chi connectivity index (χ3n) is 3.56. The van der Waals surface area contributed by atoms with Crippen LogP contribution in [0.2, 0.25) is 0 Å². The van der Waals surface area contributed by atoms with Crippen molar-refractivity contribution in [3.63, 3.8) is 0 Å². The highest BCUT2D eigenvalue weighted by Gasteiger charge is 2.32. The Balaban J connectivity index is 1.96.